The van der Waals surface area contributed by atoms with E-state index in [0.29, 0.717) is 19.4 Å². The van der Waals surface area contributed by atoms with Crippen molar-refractivity contribution >= 4 is 15.9 Å². The SMILES string of the molecule is CCC1(C(=O)NS(=O)(=O)c2ccccc2)CCNC1. The van der Waals surface area contributed by atoms with Gasteiger partial charge >= 0.3 is 0 Å². The fourth-order valence-corrected chi connectivity index (χ4v) is 3.38. The average molecular weight is 282 g/mol. The molecule has 104 valence electrons. The highest BCUT2D eigenvalue weighted by Crippen LogP contribution is 2.30. The summed E-state index contributed by atoms with van der Waals surface area (Å²) in [6.07, 6.45) is 1.29. The summed E-state index contributed by atoms with van der Waals surface area (Å²) in [7, 11) is -3.77. The van der Waals surface area contributed by atoms with Crippen LogP contribution in [0.2, 0.25) is 0 Å². The van der Waals surface area contributed by atoms with Crippen LogP contribution in [0.1, 0.15) is 19.8 Å². The Labute approximate surface area is 113 Å². The van der Waals surface area contributed by atoms with Crippen LogP contribution >= 0.6 is 0 Å². The van der Waals surface area contributed by atoms with Gasteiger partial charge in [-0.15, -0.1) is 0 Å². The second kappa shape index (κ2) is 5.30. The van der Waals surface area contributed by atoms with Gasteiger partial charge in [-0.25, -0.2) is 13.1 Å². The van der Waals surface area contributed by atoms with E-state index in [1.54, 1.807) is 18.2 Å². The summed E-state index contributed by atoms with van der Waals surface area (Å²) in [4.78, 5) is 12.4. The summed E-state index contributed by atoms with van der Waals surface area (Å²) < 4.78 is 26.4. The minimum absolute atomic E-state index is 0.112. The number of carbonyl (C=O) groups excluding carboxylic acids is 1. The monoisotopic (exact) mass is 282 g/mol. The number of nitrogens with one attached hydrogen (secondary N) is 2. The van der Waals surface area contributed by atoms with E-state index in [1.807, 2.05) is 6.92 Å². The Bertz CT molecular complexity index is 549. The van der Waals surface area contributed by atoms with Gasteiger partial charge in [0.25, 0.3) is 10.0 Å². The van der Waals surface area contributed by atoms with Crippen molar-refractivity contribution in [3.63, 3.8) is 0 Å². The second-order valence-corrected chi connectivity index (χ2v) is 6.49. The largest absolute Gasteiger partial charge is 0.316 e. The highest BCUT2D eigenvalue weighted by Gasteiger charge is 2.41. The van der Waals surface area contributed by atoms with Gasteiger partial charge in [0, 0.05) is 6.54 Å². The highest BCUT2D eigenvalue weighted by molar-refractivity contribution is 7.90. The van der Waals surface area contributed by atoms with Crippen LogP contribution in [0, 0.1) is 5.41 Å². The van der Waals surface area contributed by atoms with Gasteiger partial charge in [0.15, 0.2) is 0 Å². The van der Waals surface area contributed by atoms with Crippen LogP contribution in [0.15, 0.2) is 35.2 Å². The predicted molar refractivity (Wildman–Crippen MR) is 72.0 cm³/mol. The Kier molecular flexibility index (Phi) is 3.91. The molecule has 0 aliphatic carbocycles. The lowest BCUT2D eigenvalue weighted by Gasteiger charge is -2.24. The molecule has 1 unspecified atom stereocenters. The third kappa shape index (κ3) is 2.79. The molecule has 5 nitrogen and oxygen atoms in total. The summed E-state index contributed by atoms with van der Waals surface area (Å²) >= 11 is 0. The van der Waals surface area contributed by atoms with Crippen LogP contribution in [-0.2, 0) is 14.8 Å². The molecule has 1 heterocycles. The van der Waals surface area contributed by atoms with Crippen molar-refractivity contribution < 1.29 is 13.2 Å². The first-order valence-electron chi connectivity index (χ1n) is 6.33. The third-order valence-electron chi connectivity index (χ3n) is 3.68. The standard InChI is InChI=1S/C13H18N2O3S/c1-2-13(8-9-14-10-13)12(16)15-19(17,18)11-6-4-3-5-7-11/h3-7,14H,2,8-10H2,1H3,(H,15,16). The molecule has 1 aromatic carbocycles. The first kappa shape index (κ1) is 14.0. The zero-order chi connectivity index (χ0) is 13.9. The molecule has 19 heavy (non-hydrogen) atoms. The molecule has 2 N–H and O–H groups in total. The van der Waals surface area contributed by atoms with E-state index in [4.69, 9.17) is 0 Å². The van der Waals surface area contributed by atoms with E-state index < -0.39 is 21.3 Å². The highest BCUT2D eigenvalue weighted by atomic mass is 32.2. The summed E-state index contributed by atoms with van der Waals surface area (Å²) in [6.45, 7) is 3.17. The van der Waals surface area contributed by atoms with Crippen LogP contribution in [0.25, 0.3) is 0 Å². The molecule has 0 spiro atoms. The number of hydrogen-bond acceptors (Lipinski definition) is 4. The number of sulfonamides is 1. The maximum Gasteiger partial charge on any atom is 0.264 e. The maximum absolute atomic E-state index is 12.3. The Morgan fingerprint density at radius 3 is 2.58 bits per heavy atom. The fraction of sp³-hybridized carbons (Fsp3) is 0.462. The topological polar surface area (TPSA) is 75.3 Å². The number of benzene rings is 1. The molecule has 1 atom stereocenters. The molecule has 1 fully saturated rings. The first-order chi connectivity index (χ1) is 9.00. The number of hydrogen-bond donors (Lipinski definition) is 2. The minimum atomic E-state index is -3.77. The Morgan fingerprint density at radius 2 is 2.05 bits per heavy atom. The molecule has 1 aliphatic rings. The lowest BCUT2D eigenvalue weighted by atomic mass is 9.84. The van der Waals surface area contributed by atoms with Gasteiger partial charge in [0.2, 0.25) is 5.91 Å². The van der Waals surface area contributed by atoms with Crippen molar-refractivity contribution in [1.29, 1.82) is 0 Å². The lowest BCUT2D eigenvalue weighted by Crippen LogP contribution is -2.44. The van der Waals surface area contributed by atoms with E-state index in [0.717, 1.165) is 6.54 Å². The zero-order valence-corrected chi connectivity index (χ0v) is 11.7. The average Bonchev–Trinajstić information content (AvgIpc) is 2.89. The van der Waals surface area contributed by atoms with Gasteiger partial charge < -0.3 is 5.32 Å². The van der Waals surface area contributed by atoms with Crippen molar-refractivity contribution in [1.82, 2.24) is 10.0 Å². The van der Waals surface area contributed by atoms with Gasteiger partial charge in [0.1, 0.15) is 0 Å². The molecule has 6 heteroatoms. The van der Waals surface area contributed by atoms with Gasteiger partial charge in [-0.05, 0) is 31.5 Å². The van der Waals surface area contributed by atoms with Crippen molar-refractivity contribution in [3.05, 3.63) is 30.3 Å². The fourth-order valence-electron chi connectivity index (χ4n) is 2.29. The molecule has 0 saturated carbocycles. The molecule has 1 aliphatic heterocycles. The van der Waals surface area contributed by atoms with E-state index in [1.165, 1.54) is 12.1 Å². The van der Waals surface area contributed by atoms with Crippen molar-refractivity contribution in [3.8, 4) is 0 Å². The smallest absolute Gasteiger partial charge is 0.264 e. The summed E-state index contributed by atoms with van der Waals surface area (Å²) in [5, 5.41) is 3.11. The number of rotatable bonds is 4. The van der Waals surface area contributed by atoms with E-state index in [2.05, 4.69) is 10.0 Å². The predicted octanol–water partition coefficient (Wildman–Crippen LogP) is 0.881. The summed E-state index contributed by atoms with van der Waals surface area (Å²) in [5.41, 5.74) is -0.609. The van der Waals surface area contributed by atoms with Crippen LogP contribution in [0.4, 0.5) is 0 Å². The summed E-state index contributed by atoms with van der Waals surface area (Å²) in [5.74, 6) is -0.413. The summed E-state index contributed by atoms with van der Waals surface area (Å²) in [6, 6.07) is 7.94. The molecule has 1 amide bonds. The Hall–Kier alpha value is -1.40. The molecule has 0 bridgehead atoms. The molecule has 1 saturated heterocycles. The normalized spacial score (nSPS) is 23.2. The van der Waals surface area contributed by atoms with Gasteiger partial charge in [-0.1, -0.05) is 25.1 Å². The van der Waals surface area contributed by atoms with Crippen molar-refractivity contribution in [2.75, 3.05) is 13.1 Å². The molecule has 1 aromatic rings. The van der Waals surface area contributed by atoms with Crippen LogP contribution in [0.5, 0.6) is 0 Å². The first-order valence-corrected chi connectivity index (χ1v) is 7.81. The minimum Gasteiger partial charge on any atom is -0.316 e. The molecular weight excluding hydrogens is 264 g/mol. The van der Waals surface area contributed by atoms with Crippen LogP contribution in [0.3, 0.4) is 0 Å². The number of carbonyl (C=O) groups is 1. The Morgan fingerprint density at radius 1 is 1.37 bits per heavy atom. The molecule has 0 aromatic heterocycles. The van der Waals surface area contributed by atoms with E-state index in [9.17, 15) is 13.2 Å². The van der Waals surface area contributed by atoms with Crippen molar-refractivity contribution in [2.24, 2.45) is 5.41 Å². The van der Waals surface area contributed by atoms with Gasteiger partial charge in [-0.3, -0.25) is 4.79 Å². The van der Waals surface area contributed by atoms with Gasteiger partial charge in [0.05, 0.1) is 10.3 Å². The maximum atomic E-state index is 12.3. The van der Waals surface area contributed by atoms with E-state index >= 15 is 0 Å². The van der Waals surface area contributed by atoms with Crippen molar-refractivity contribution in [2.45, 2.75) is 24.7 Å². The number of amides is 1. The quantitative estimate of drug-likeness (QED) is 0.859. The lowest BCUT2D eigenvalue weighted by molar-refractivity contribution is -0.128. The van der Waals surface area contributed by atoms with Crippen LogP contribution in [-0.4, -0.2) is 27.4 Å². The zero-order valence-electron chi connectivity index (χ0n) is 10.8. The van der Waals surface area contributed by atoms with Crippen LogP contribution < -0.4 is 10.0 Å². The van der Waals surface area contributed by atoms with E-state index in [-0.39, 0.29) is 4.90 Å². The second-order valence-electron chi connectivity index (χ2n) is 4.81. The molecule has 2 rings (SSSR count). The third-order valence-corrected chi connectivity index (χ3v) is 5.03. The molecular formula is C13H18N2O3S. The molecule has 0 radical (unpaired) electrons. The Balaban J connectivity index is 2.19. The van der Waals surface area contributed by atoms with Gasteiger partial charge in [-0.2, -0.15) is 0 Å².